The molecule has 0 saturated heterocycles. The van der Waals surface area contributed by atoms with E-state index >= 15 is 0 Å². The summed E-state index contributed by atoms with van der Waals surface area (Å²) in [6, 6.07) is 12.9. The van der Waals surface area contributed by atoms with Crippen molar-refractivity contribution in [1.82, 2.24) is 14.8 Å². The average Bonchev–Trinajstić information content (AvgIpc) is 3.47. The van der Waals surface area contributed by atoms with Crippen molar-refractivity contribution in [3.63, 3.8) is 0 Å². The Morgan fingerprint density at radius 2 is 1.90 bits per heavy atom. The quantitative estimate of drug-likeness (QED) is 0.498. The van der Waals surface area contributed by atoms with Gasteiger partial charge in [0.15, 0.2) is 5.16 Å². The van der Waals surface area contributed by atoms with E-state index in [4.69, 9.17) is 11.6 Å². The number of nitrogens with one attached hydrogen (secondary N) is 1. The fourth-order valence-electron chi connectivity index (χ4n) is 2.95. The minimum Gasteiger partial charge on any atom is -0.325 e. The number of para-hydroxylation sites is 1. The number of rotatable bonds is 6. The van der Waals surface area contributed by atoms with Gasteiger partial charge in [0.25, 0.3) is 0 Å². The van der Waals surface area contributed by atoms with Crippen LogP contribution >= 0.6 is 23.4 Å². The average molecular weight is 453 g/mol. The zero-order valence-corrected chi connectivity index (χ0v) is 17.1. The number of thioether (sulfide) groups is 1. The van der Waals surface area contributed by atoms with Gasteiger partial charge in [0.05, 0.1) is 16.3 Å². The lowest BCUT2D eigenvalue weighted by molar-refractivity contribution is -0.137. The molecule has 0 aliphatic heterocycles. The van der Waals surface area contributed by atoms with E-state index < -0.39 is 22.7 Å². The number of anilines is 1. The van der Waals surface area contributed by atoms with Gasteiger partial charge in [-0.2, -0.15) is 13.2 Å². The maximum atomic E-state index is 13.0. The fraction of sp³-hybridized carbons (Fsp3) is 0.250. The minimum atomic E-state index is -4.60. The Balaban J connectivity index is 1.48. The van der Waals surface area contributed by atoms with Crippen LogP contribution in [-0.2, 0) is 11.0 Å². The molecule has 0 radical (unpaired) electrons. The van der Waals surface area contributed by atoms with Gasteiger partial charge in [-0.3, -0.25) is 9.36 Å². The van der Waals surface area contributed by atoms with Crippen molar-refractivity contribution in [3.8, 4) is 5.69 Å². The Morgan fingerprint density at radius 3 is 2.57 bits per heavy atom. The monoisotopic (exact) mass is 452 g/mol. The van der Waals surface area contributed by atoms with E-state index in [1.54, 1.807) is 0 Å². The third-order valence-electron chi connectivity index (χ3n) is 4.50. The molecule has 0 atom stereocenters. The first-order valence-electron chi connectivity index (χ1n) is 9.13. The predicted molar refractivity (Wildman–Crippen MR) is 109 cm³/mol. The van der Waals surface area contributed by atoms with E-state index in [9.17, 15) is 18.0 Å². The molecule has 10 heteroatoms. The molecule has 1 fully saturated rings. The van der Waals surface area contributed by atoms with Gasteiger partial charge in [-0.1, -0.05) is 41.6 Å². The standard InChI is InChI=1S/C20H16ClF3N4OS/c21-16-9-8-13(10-15(16)20(22,23)24)25-17(29)11-30-19-27-26-18(12-6-7-12)28(19)14-4-2-1-3-5-14/h1-5,8-10,12H,6-7,11H2,(H,25,29). The maximum absolute atomic E-state index is 13.0. The van der Waals surface area contributed by atoms with Crippen molar-refractivity contribution < 1.29 is 18.0 Å². The van der Waals surface area contributed by atoms with Crippen LogP contribution in [0.15, 0.2) is 53.7 Å². The molecule has 1 aliphatic rings. The van der Waals surface area contributed by atoms with E-state index in [0.29, 0.717) is 11.1 Å². The van der Waals surface area contributed by atoms with Gasteiger partial charge in [-0.05, 0) is 43.2 Å². The third kappa shape index (κ3) is 4.62. The highest BCUT2D eigenvalue weighted by molar-refractivity contribution is 7.99. The summed E-state index contributed by atoms with van der Waals surface area (Å²) < 4.78 is 40.9. The number of hydrogen-bond donors (Lipinski definition) is 1. The lowest BCUT2D eigenvalue weighted by atomic mass is 10.2. The van der Waals surface area contributed by atoms with Gasteiger partial charge >= 0.3 is 6.18 Å². The normalized spacial score (nSPS) is 14.0. The highest BCUT2D eigenvalue weighted by Gasteiger charge is 2.33. The molecule has 2 aromatic carbocycles. The largest absolute Gasteiger partial charge is 0.417 e. The Morgan fingerprint density at radius 1 is 1.17 bits per heavy atom. The topological polar surface area (TPSA) is 59.8 Å². The first kappa shape index (κ1) is 20.7. The van der Waals surface area contributed by atoms with Gasteiger partial charge in [0, 0.05) is 17.3 Å². The van der Waals surface area contributed by atoms with Crippen LogP contribution in [0, 0.1) is 0 Å². The Labute approximate surface area is 179 Å². The molecule has 1 aliphatic carbocycles. The Kier molecular flexibility index (Phi) is 5.75. The maximum Gasteiger partial charge on any atom is 0.417 e. The summed E-state index contributed by atoms with van der Waals surface area (Å²) in [4.78, 5) is 12.3. The molecular formula is C20H16ClF3N4OS. The summed E-state index contributed by atoms with van der Waals surface area (Å²) in [6.07, 6.45) is -2.50. The van der Waals surface area contributed by atoms with Crippen molar-refractivity contribution in [3.05, 3.63) is 64.9 Å². The van der Waals surface area contributed by atoms with Crippen molar-refractivity contribution in [2.75, 3.05) is 11.1 Å². The van der Waals surface area contributed by atoms with Crippen LogP contribution in [0.4, 0.5) is 18.9 Å². The molecule has 30 heavy (non-hydrogen) atoms. The fourth-order valence-corrected chi connectivity index (χ4v) is 3.93. The second-order valence-corrected chi connectivity index (χ2v) is 8.16. The molecule has 1 heterocycles. The number of amides is 1. The number of nitrogens with zero attached hydrogens (tertiary/aromatic N) is 3. The molecule has 4 rings (SSSR count). The smallest absolute Gasteiger partial charge is 0.325 e. The summed E-state index contributed by atoms with van der Waals surface area (Å²) in [5.74, 6) is 0.734. The SMILES string of the molecule is O=C(CSc1nnc(C2CC2)n1-c1ccccc1)Nc1ccc(Cl)c(C(F)(F)F)c1. The number of hydrogen-bond acceptors (Lipinski definition) is 4. The predicted octanol–water partition coefficient (Wildman–Crippen LogP) is 5.55. The van der Waals surface area contributed by atoms with Crippen molar-refractivity contribution in [1.29, 1.82) is 0 Å². The number of aromatic nitrogens is 3. The van der Waals surface area contributed by atoms with Crippen molar-refractivity contribution in [2.45, 2.75) is 30.1 Å². The molecule has 3 aromatic rings. The number of carbonyl (C=O) groups excluding carboxylic acids is 1. The van der Waals surface area contributed by atoms with Crippen LogP contribution in [0.5, 0.6) is 0 Å². The first-order valence-corrected chi connectivity index (χ1v) is 10.5. The zero-order chi connectivity index (χ0) is 21.3. The van der Waals surface area contributed by atoms with E-state index in [1.165, 1.54) is 17.8 Å². The number of halogens is 4. The van der Waals surface area contributed by atoms with Crippen LogP contribution in [-0.4, -0.2) is 26.4 Å². The lowest BCUT2D eigenvalue weighted by Crippen LogP contribution is -2.15. The van der Waals surface area contributed by atoms with E-state index in [1.807, 2.05) is 34.9 Å². The second kappa shape index (κ2) is 8.31. The summed E-state index contributed by atoms with van der Waals surface area (Å²) in [7, 11) is 0. The molecule has 1 saturated carbocycles. The molecule has 0 bridgehead atoms. The van der Waals surface area contributed by atoms with Crippen LogP contribution in [0.2, 0.25) is 5.02 Å². The van der Waals surface area contributed by atoms with Gasteiger partial charge in [-0.25, -0.2) is 0 Å². The van der Waals surface area contributed by atoms with E-state index in [2.05, 4.69) is 15.5 Å². The molecular weight excluding hydrogens is 437 g/mol. The molecule has 1 amide bonds. The van der Waals surface area contributed by atoms with Crippen LogP contribution in [0.1, 0.15) is 30.1 Å². The van der Waals surface area contributed by atoms with Gasteiger partial charge < -0.3 is 5.32 Å². The first-order chi connectivity index (χ1) is 14.3. The highest BCUT2D eigenvalue weighted by atomic mass is 35.5. The molecule has 5 nitrogen and oxygen atoms in total. The molecule has 1 aromatic heterocycles. The second-order valence-electron chi connectivity index (χ2n) is 6.82. The van der Waals surface area contributed by atoms with Crippen molar-refractivity contribution in [2.24, 2.45) is 0 Å². The number of carbonyl (C=O) groups is 1. The highest BCUT2D eigenvalue weighted by Crippen LogP contribution is 2.41. The Hall–Kier alpha value is -2.52. The van der Waals surface area contributed by atoms with E-state index in [-0.39, 0.29) is 11.4 Å². The summed E-state index contributed by atoms with van der Waals surface area (Å²) in [5, 5.41) is 11.1. The summed E-state index contributed by atoms with van der Waals surface area (Å²) >= 11 is 6.79. The molecule has 156 valence electrons. The van der Waals surface area contributed by atoms with Crippen LogP contribution in [0.25, 0.3) is 5.69 Å². The molecule has 0 spiro atoms. The Bertz CT molecular complexity index is 1070. The van der Waals surface area contributed by atoms with Crippen molar-refractivity contribution >= 4 is 35.0 Å². The number of benzene rings is 2. The van der Waals surface area contributed by atoms with Crippen LogP contribution < -0.4 is 5.32 Å². The molecule has 0 unspecified atom stereocenters. The minimum absolute atomic E-state index is 0.0282. The lowest BCUT2D eigenvalue weighted by Gasteiger charge is -2.12. The van der Waals surface area contributed by atoms with E-state index in [0.717, 1.165) is 36.5 Å². The van der Waals surface area contributed by atoms with Gasteiger partial charge in [0.2, 0.25) is 5.91 Å². The third-order valence-corrected chi connectivity index (χ3v) is 5.76. The van der Waals surface area contributed by atoms with Gasteiger partial charge in [0.1, 0.15) is 5.82 Å². The summed E-state index contributed by atoms with van der Waals surface area (Å²) in [5.41, 5.74) is -0.0622. The number of alkyl halides is 3. The zero-order valence-electron chi connectivity index (χ0n) is 15.5. The van der Waals surface area contributed by atoms with Gasteiger partial charge in [-0.15, -0.1) is 10.2 Å². The van der Waals surface area contributed by atoms with Crippen LogP contribution in [0.3, 0.4) is 0 Å². The molecule has 1 N–H and O–H groups in total. The summed E-state index contributed by atoms with van der Waals surface area (Å²) in [6.45, 7) is 0.